The zero-order valence-electron chi connectivity index (χ0n) is 15.3. The van der Waals surface area contributed by atoms with E-state index in [1.54, 1.807) is 13.8 Å². The molecule has 0 saturated carbocycles. The molecular formula is C19H22ClNO6. The monoisotopic (exact) mass is 395 g/mol. The van der Waals surface area contributed by atoms with Crippen LogP contribution in [0.1, 0.15) is 37.8 Å². The van der Waals surface area contributed by atoms with E-state index in [4.69, 9.17) is 16.0 Å². The molecular weight excluding hydrogens is 374 g/mol. The smallest absolute Gasteiger partial charge is 0.339 e. The summed E-state index contributed by atoms with van der Waals surface area (Å²) in [5.41, 5.74) is 0.518. The number of fused-ring (bicyclic) bond motifs is 1. The third-order valence-corrected chi connectivity index (χ3v) is 5.06. The summed E-state index contributed by atoms with van der Waals surface area (Å²) >= 11 is 5.92. The molecule has 1 amide bonds. The Morgan fingerprint density at radius 3 is 2.59 bits per heavy atom. The van der Waals surface area contributed by atoms with Crippen molar-refractivity contribution < 1.29 is 24.2 Å². The number of carboxylic acids is 1. The van der Waals surface area contributed by atoms with Crippen LogP contribution in [-0.2, 0) is 16.0 Å². The van der Waals surface area contributed by atoms with Crippen molar-refractivity contribution in [3.05, 3.63) is 38.7 Å². The Morgan fingerprint density at radius 1 is 1.33 bits per heavy atom. The van der Waals surface area contributed by atoms with Crippen LogP contribution in [0.4, 0.5) is 0 Å². The van der Waals surface area contributed by atoms with Gasteiger partial charge in [-0.3, -0.25) is 4.79 Å². The maximum atomic E-state index is 12.2. The highest BCUT2D eigenvalue weighted by atomic mass is 35.5. The van der Waals surface area contributed by atoms with Crippen LogP contribution in [0.25, 0.3) is 11.0 Å². The van der Waals surface area contributed by atoms with Gasteiger partial charge < -0.3 is 19.9 Å². The number of phenolic OH excluding ortho intramolecular Hbond substituents is 1. The molecule has 8 heteroatoms. The second-order valence-corrected chi connectivity index (χ2v) is 6.97. The highest BCUT2D eigenvalue weighted by Gasteiger charge is 2.25. The van der Waals surface area contributed by atoms with Gasteiger partial charge in [-0.1, -0.05) is 31.9 Å². The van der Waals surface area contributed by atoms with E-state index >= 15 is 0 Å². The van der Waals surface area contributed by atoms with Crippen LogP contribution in [0.5, 0.6) is 5.75 Å². The first-order chi connectivity index (χ1) is 12.6. The zero-order chi connectivity index (χ0) is 20.3. The van der Waals surface area contributed by atoms with Crippen LogP contribution < -0.4 is 10.9 Å². The maximum absolute atomic E-state index is 12.2. The predicted octanol–water partition coefficient (Wildman–Crippen LogP) is 3.01. The van der Waals surface area contributed by atoms with Gasteiger partial charge in [-0.15, -0.1) is 0 Å². The first-order valence-corrected chi connectivity index (χ1v) is 9.00. The molecule has 0 radical (unpaired) electrons. The van der Waals surface area contributed by atoms with Crippen molar-refractivity contribution in [3.63, 3.8) is 0 Å². The third-order valence-electron chi connectivity index (χ3n) is 4.75. The number of amides is 1. The number of hydrogen-bond acceptors (Lipinski definition) is 5. The van der Waals surface area contributed by atoms with E-state index in [1.165, 1.54) is 12.1 Å². The second kappa shape index (κ2) is 8.43. The lowest BCUT2D eigenvalue weighted by Gasteiger charge is -2.20. The first kappa shape index (κ1) is 20.8. The molecule has 0 fully saturated rings. The highest BCUT2D eigenvalue weighted by Crippen LogP contribution is 2.30. The molecule has 1 unspecified atom stereocenters. The molecule has 0 saturated heterocycles. The number of aromatic hydroxyl groups is 1. The lowest BCUT2D eigenvalue weighted by molar-refractivity contribution is -0.143. The molecule has 3 N–H and O–H groups in total. The number of phenols is 1. The van der Waals surface area contributed by atoms with E-state index in [-0.39, 0.29) is 35.1 Å². The predicted molar refractivity (Wildman–Crippen MR) is 101 cm³/mol. The van der Waals surface area contributed by atoms with Gasteiger partial charge in [-0.05, 0) is 30.9 Å². The topological polar surface area (TPSA) is 117 Å². The minimum absolute atomic E-state index is 0.0524. The van der Waals surface area contributed by atoms with E-state index in [2.05, 4.69) is 5.32 Å². The van der Waals surface area contributed by atoms with Crippen LogP contribution in [0.15, 0.2) is 21.3 Å². The number of hydrogen-bond donors (Lipinski definition) is 3. The van der Waals surface area contributed by atoms with Crippen molar-refractivity contribution in [2.45, 2.75) is 46.1 Å². The molecule has 0 aliphatic carbocycles. The molecule has 1 aromatic heterocycles. The molecule has 2 aromatic rings. The minimum atomic E-state index is -1.09. The van der Waals surface area contributed by atoms with Crippen molar-refractivity contribution in [2.75, 3.05) is 0 Å². The molecule has 0 spiro atoms. The summed E-state index contributed by atoms with van der Waals surface area (Å²) in [7, 11) is 0. The van der Waals surface area contributed by atoms with Gasteiger partial charge in [0.15, 0.2) is 0 Å². The van der Waals surface area contributed by atoms with E-state index in [0.29, 0.717) is 22.9 Å². The lowest BCUT2D eigenvalue weighted by Crippen LogP contribution is -2.45. The summed E-state index contributed by atoms with van der Waals surface area (Å²) in [5, 5.41) is 22.1. The van der Waals surface area contributed by atoms with E-state index in [0.717, 1.165) is 0 Å². The van der Waals surface area contributed by atoms with Crippen LogP contribution >= 0.6 is 11.6 Å². The fourth-order valence-electron chi connectivity index (χ4n) is 2.85. The van der Waals surface area contributed by atoms with Crippen LogP contribution in [0, 0.1) is 12.8 Å². The van der Waals surface area contributed by atoms with E-state index < -0.39 is 23.5 Å². The highest BCUT2D eigenvalue weighted by molar-refractivity contribution is 6.32. The van der Waals surface area contributed by atoms with Crippen molar-refractivity contribution in [2.24, 2.45) is 5.92 Å². The first-order valence-electron chi connectivity index (χ1n) is 8.62. The van der Waals surface area contributed by atoms with Gasteiger partial charge in [0.25, 0.3) is 0 Å². The Bertz CT molecular complexity index is 936. The van der Waals surface area contributed by atoms with Gasteiger partial charge in [0.05, 0.1) is 5.02 Å². The average molecular weight is 396 g/mol. The number of halogens is 1. The number of carbonyl (C=O) groups is 2. The van der Waals surface area contributed by atoms with Gasteiger partial charge >= 0.3 is 11.6 Å². The van der Waals surface area contributed by atoms with Crippen molar-refractivity contribution in [3.8, 4) is 5.75 Å². The van der Waals surface area contributed by atoms with E-state index in [9.17, 15) is 24.6 Å². The Balaban J connectivity index is 2.21. The normalized spacial score (nSPS) is 13.3. The molecule has 1 heterocycles. The number of rotatable bonds is 7. The Hall–Kier alpha value is -2.54. The minimum Gasteiger partial charge on any atom is -0.506 e. The average Bonchev–Trinajstić information content (AvgIpc) is 2.60. The van der Waals surface area contributed by atoms with Crippen LogP contribution in [-0.4, -0.2) is 28.1 Å². The second-order valence-electron chi connectivity index (χ2n) is 6.56. The summed E-state index contributed by atoms with van der Waals surface area (Å²) < 4.78 is 5.22. The van der Waals surface area contributed by atoms with Crippen molar-refractivity contribution in [1.29, 1.82) is 0 Å². The molecule has 0 bridgehead atoms. The SMILES string of the molecule is CCC(C)[C@H](NC(=O)CCc1c(C)c2cc(Cl)c(O)cc2oc1=O)C(=O)O. The standard InChI is InChI=1S/C19H22ClNO6/c1-4-9(2)17(18(24)25)21-16(23)6-5-11-10(3)12-7-13(20)14(22)8-15(12)27-19(11)26/h7-9,17,22H,4-6H2,1-3H3,(H,21,23)(H,24,25)/t9?,17-/m0/s1. The number of aryl methyl sites for hydroxylation is 1. The zero-order valence-corrected chi connectivity index (χ0v) is 16.1. The molecule has 0 aliphatic heterocycles. The summed E-state index contributed by atoms with van der Waals surface area (Å²) in [6.07, 6.45) is 0.655. The van der Waals surface area contributed by atoms with E-state index in [1.807, 2.05) is 6.92 Å². The summed E-state index contributed by atoms with van der Waals surface area (Å²) in [6, 6.07) is 1.79. The number of carbonyl (C=O) groups excluding carboxylic acids is 1. The maximum Gasteiger partial charge on any atom is 0.339 e. The van der Waals surface area contributed by atoms with Gasteiger partial charge in [0.2, 0.25) is 5.91 Å². The summed E-state index contributed by atoms with van der Waals surface area (Å²) in [4.78, 5) is 35.7. The molecule has 146 valence electrons. The Kier molecular flexibility index (Phi) is 6.49. The number of nitrogens with one attached hydrogen (secondary N) is 1. The largest absolute Gasteiger partial charge is 0.506 e. The third kappa shape index (κ3) is 4.60. The van der Waals surface area contributed by atoms with Gasteiger partial charge in [-0.2, -0.15) is 0 Å². The number of benzene rings is 1. The Morgan fingerprint density at radius 2 is 2.00 bits per heavy atom. The molecule has 2 atom stereocenters. The van der Waals surface area contributed by atoms with Crippen LogP contribution in [0.3, 0.4) is 0 Å². The number of aliphatic carboxylic acids is 1. The molecule has 7 nitrogen and oxygen atoms in total. The summed E-state index contributed by atoms with van der Waals surface area (Å²) in [5.74, 6) is -1.95. The molecule has 2 rings (SSSR count). The van der Waals surface area contributed by atoms with Crippen molar-refractivity contribution >= 4 is 34.4 Å². The number of carboxylic acid groups (broad SMARTS) is 1. The lowest BCUT2D eigenvalue weighted by atomic mass is 9.98. The van der Waals surface area contributed by atoms with Crippen LogP contribution in [0.2, 0.25) is 5.02 Å². The fraction of sp³-hybridized carbons (Fsp3) is 0.421. The Labute approximate surface area is 160 Å². The van der Waals surface area contributed by atoms with Crippen molar-refractivity contribution in [1.82, 2.24) is 5.32 Å². The van der Waals surface area contributed by atoms with Gasteiger partial charge in [0.1, 0.15) is 17.4 Å². The molecule has 27 heavy (non-hydrogen) atoms. The van der Waals surface area contributed by atoms with Gasteiger partial charge in [0, 0.05) is 23.4 Å². The molecule has 1 aromatic carbocycles. The van der Waals surface area contributed by atoms with Gasteiger partial charge in [-0.25, -0.2) is 9.59 Å². The molecule has 0 aliphatic rings. The quantitative estimate of drug-likeness (QED) is 0.620. The fourth-order valence-corrected chi connectivity index (χ4v) is 3.02. The summed E-state index contributed by atoms with van der Waals surface area (Å²) in [6.45, 7) is 5.30.